The van der Waals surface area contributed by atoms with E-state index in [-0.39, 0.29) is 24.1 Å². The molecule has 0 radical (unpaired) electrons. The number of halogens is 3. The highest BCUT2D eigenvalue weighted by Crippen LogP contribution is 2.29. The van der Waals surface area contributed by atoms with Crippen LogP contribution in [0, 0.1) is 5.92 Å². The predicted octanol–water partition coefficient (Wildman–Crippen LogP) is 4.85. The number of rotatable bonds is 6. The van der Waals surface area contributed by atoms with Gasteiger partial charge in [-0.3, -0.25) is 4.79 Å². The Kier molecular flexibility index (Phi) is 7.69. The second kappa shape index (κ2) is 9.88. The predicted molar refractivity (Wildman–Crippen MR) is 121 cm³/mol. The quantitative estimate of drug-likeness (QED) is 0.583. The molecule has 0 unspecified atom stereocenters. The fourth-order valence-corrected chi connectivity index (χ4v) is 6.08. The van der Waals surface area contributed by atoms with Crippen LogP contribution >= 0.6 is 34.8 Å². The van der Waals surface area contributed by atoms with Crippen molar-refractivity contribution in [1.82, 2.24) is 9.21 Å². The zero-order valence-electron chi connectivity index (χ0n) is 16.5. The molecule has 1 atom stereocenters. The van der Waals surface area contributed by atoms with Crippen LogP contribution in [0.1, 0.15) is 24.0 Å². The van der Waals surface area contributed by atoms with Crippen LogP contribution in [0.5, 0.6) is 0 Å². The first-order valence-corrected chi connectivity index (χ1v) is 12.3. The molecule has 0 aliphatic carbocycles. The molecule has 9 heteroatoms. The van der Waals surface area contributed by atoms with Crippen LogP contribution in [0.15, 0.2) is 42.5 Å². The third-order valence-electron chi connectivity index (χ3n) is 5.22. The molecule has 5 nitrogen and oxygen atoms in total. The first kappa shape index (κ1) is 23.4. The third kappa shape index (κ3) is 5.68. The van der Waals surface area contributed by atoms with E-state index in [0.717, 1.165) is 5.56 Å². The van der Waals surface area contributed by atoms with Gasteiger partial charge >= 0.3 is 0 Å². The number of nitrogens with zero attached hydrogens (tertiary/aromatic N) is 2. The zero-order chi connectivity index (χ0) is 21.9. The molecule has 1 aliphatic rings. The SMILES string of the molecule is CN(Cc1ccc(Cl)cc1)C(=O)[C@H]1CCCN(S(=O)(=O)Cc2c(Cl)cccc2Cl)C1. The van der Waals surface area contributed by atoms with Crippen LogP contribution in [0.3, 0.4) is 0 Å². The van der Waals surface area contributed by atoms with Crippen molar-refractivity contribution in [1.29, 1.82) is 0 Å². The summed E-state index contributed by atoms with van der Waals surface area (Å²) in [6, 6.07) is 12.2. The Balaban J connectivity index is 1.67. The standard InChI is InChI=1S/C21H23Cl3N2O3S/c1-25(12-15-7-9-17(22)10-8-15)21(27)16-4-3-11-26(13-16)30(28,29)14-18-19(23)5-2-6-20(18)24/h2,5-10,16H,3-4,11-14H2,1H3/t16-/m0/s1. The summed E-state index contributed by atoms with van der Waals surface area (Å²) in [5, 5.41) is 1.27. The Bertz CT molecular complexity index is 992. The number of hydrogen-bond acceptors (Lipinski definition) is 3. The van der Waals surface area contributed by atoms with E-state index in [2.05, 4.69) is 0 Å². The second-order valence-corrected chi connectivity index (χ2v) is 10.7. The van der Waals surface area contributed by atoms with Gasteiger partial charge in [-0.1, -0.05) is 53.0 Å². The maximum absolute atomic E-state index is 13.0. The molecule has 1 saturated heterocycles. The van der Waals surface area contributed by atoms with Gasteiger partial charge in [0.2, 0.25) is 15.9 Å². The molecule has 2 aromatic rings. The lowest BCUT2D eigenvalue weighted by Gasteiger charge is -2.33. The van der Waals surface area contributed by atoms with Gasteiger partial charge in [-0.15, -0.1) is 0 Å². The molecule has 1 heterocycles. The van der Waals surface area contributed by atoms with Gasteiger partial charge in [-0.2, -0.15) is 0 Å². The lowest BCUT2D eigenvalue weighted by Crippen LogP contribution is -2.46. The third-order valence-corrected chi connectivity index (χ3v) is 7.96. The first-order valence-electron chi connectivity index (χ1n) is 9.57. The highest BCUT2D eigenvalue weighted by Gasteiger charge is 2.34. The van der Waals surface area contributed by atoms with Crippen molar-refractivity contribution in [3.8, 4) is 0 Å². The molecule has 30 heavy (non-hydrogen) atoms. The molecule has 1 amide bonds. The minimum Gasteiger partial charge on any atom is -0.341 e. The van der Waals surface area contributed by atoms with E-state index >= 15 is 0 Å². The van der Waals surface area contributed by atoms with Gasteiger partial charge in [-0.05, 0) is 42.7 Å². The lowest BCUT2D eigenvalue weighted by atomic mass is 9.98. The Labute approximate surface area is 192 Å². The molecule has 162 valence electrons. The van der Waals surface area contributed by atoms with Gasteiger partial charge < -0.3 is 4.90 Å². The van der Waals surface area contributed by atoms with Gasteiger partial charge in [0.15, 0.2) is 0 Å². The summed E-state index contributed by atoms with van der Waals surface area (Å²) in [5.41, 5.74) is 1.35. The van der Waals surface area contributed by atoms with E-state index in [0.29, 0.717) is 46.6 Å². The number of benzene rings is 2. The van der Waals surface area contributed by atoms with Crippen LogP contribution in [0.25, 0.3) is 0 Å². The number of carbonyl (C=O) groups is 1. The van der Waals surface area contributed by atoms with Crippen molar-refractivity contribution in [2.24, 2.45) is 5.92 Å². The molecule has 0 N–H and O–H groups in total. The summed E-state index contributed by atoms with van der Waals surface area (Å²) in [5.74, 6) is -0.735. The number of carbonyl (C=O) groups excluding carboxylic acids is 1. The highest BCUT2D eigenvalue weighted by molar-refractivity contribution is 7.88. The number of amides is 1. The van der Waals surface area contributed by atoms with Crippen LogP contribution in [-0.2, 0) is 27.1 Å². The fourth-order valence-electron chi connectivity index (χ4n) is 3.59. The smallest absolute Gasteiger partial charge is 0.227 e. The van der Waals surface area contributed by atoms with E-state index in [4.69, 9.17) is 34.8 Å². The van der Waals surface area contributed by atoms with E-state index in [1.54, 1.807) is 42.3 Å². The van der Waals surface area contributed by atoms with E-state index in [9.17, 15) is 13.2 Å². The fraction of sp³-hybridized carbons (Fsp3) is 0.381. The van der Waals surface area contributed by atoms with Crippen molar-refractivity contribution in [3.63, 3.8) is 0 Å². The minimum atomic E-state index is -3.66. The van der Waals surface area contributed by atoms with Gasteiger partial charge in [0.05, 0.1) is 11.7 Å². The molecule has 0 bridgehead atoms. The van der Waals surface area contributed by atoms with E-state index in [1.165, 1.54) is 4.31 Å². The molecule has 0 spiro atoms. The van der Waals surface area contributed by atoms with Crippen molar-refractivity contribution in [2.45, 2.75) is 25.1 Å². The Hall–Kier alpha value is -1.31. The van der Waals surface area contributed by atoms with Crippen molar-refractivity contribution >= 4 is 50.7 Å². The minimum absolute atomic E-state index is 0.0689. The first-order chi connectivity index (χ1) is 14.2. The second-order valence-electron chi connectivity index (χ2n) is 7.47. The monoisotopic (exact) mass is 488 g/mol. The number of piperidine rings is 1. The molecule has 0 aromatic heterocycles. The van der Waals surface area contributed by atoms with Crippen LogP contribution < -0.4 is 0 Å². The normalized spacial score (nSPS) is 17.7. The largest absolute Gasteiger partial charge is 0.341 e. The topological polar surface area (TPSA) is 57.7 Å². The molecule has 2 aromatic carbocycles. The number of hydrogen-bond donors (Lipinski definition) is 0. The Morgan fingerprint density at radius 2 is 1.73 bits per heavy atom. The van der Waals surface area contributed by atoms with Gasteiger partial charge in [0.1, 0.15) is 0 Å². The average Bonchev–Trinajstić information content (AvgIpc) is 2.72. The molecular weight excluding hydrogens is 467 g/mol. The van der Waals surface area contributed by atoms with Crippen molar-refractivity contribution in [2.75, 3.05) is 20.1 Å². The summed E-state index contributed by atoms with van der Waals surface area (Å²) >= 11 is 18.2. The maximum Gasteiger partial charge on any atom is 0.227 e. The summed E-state index contributed by atoms with van der Waals surface area (Å²) in [7, 11) is -1.93. The van der Waals surface area contributed by atoms with Crippen LogP contribution in [0.4, 0.5) is 0 Å². The summed E-state index contributed by atoms with van der Waals surface area (Å²) in [6.07, 6.45) is 1.28. The highest BCUT2D eigenvalue weighted by atomic mass is 35.5. The Morgan fingerprint density at radius 3 is 2.37 bits per heavy atom. The molecular formula is C21H23Cl3N2O3S. The number of sulfonamides is 1. The maximum atomic E-state index is 13.0. The lowest BCUT2D eigenvalue weighted by molar-refractivity contribution is -0.135. The van der Waals surface area contributed by atoms with Crippen molar-refractivity contribution < 1.29 is 13.2 Å². The van der Waals surface area contributed by atoms with Crippen LogP contribution in [0.2, 0.25) is 15.1 Å². The molecule has 0 saturated carbocycles. The zero-order valence-corrected chi connectivity index (χ0v) is 19.6. The average molecular weight is 490 g/mol. The van der Waals surface area contributed by atoms with E-state index in [1.807, 2.05) is 12.1 Å². The molecule has 3 rings (SSSR count). The van der Waals surface area contributed by atoms with Crippen LogP contribution in [-0.4, -0.2) is 43.7 Å². The summed E-state index contributed by atoms with van der Waals surface area (Å²) in [6.45, 7) is 0.984. The molecule has 1 fully saturated rings. The van der Waals surface area contributed by atoms with Crippen molar-refractivity contribution in [3.05, 3.63) is 68.7 Å². The van der Waals surface area contributed by atoms with Gasteiger partial charge in [-0.25, -0.2) is 12.7 Å². The summed E-state index contributed by atoms with van der Waals surface area (Å²) < 4.78 is 27.4. The summed E-state index contributed by atoms with van der Waals surface area (Å²) in [4.78, 5) is 14.6. The Morgan fingerprint density at radius 1 is 1.10 bits per heavy atom. The van der Waals surface area contributed by atoms with Gasteiger partial charge in [0, 0.05) is 47.3 Å². The molecule has 1 aliphatic heterocycles. The van der Waals surface area contributed by atoms with E-state index < -0.39 is 10.0 Å². The van der Waals surface area contributed by atoms with Gasteiger partial charge in [0.25, 0.3) is 0 Å².